The number of hydrogen-bond acceptors (Lipinski definition) is 5. The SMILES string of the molecule is CCOc1ccc(N(CC(=O)NC(C)(C)CC(C)(C)C)S(=O)(=O)c2ccc(SC)cc2)cc1. The molecule has 6 nitrogen and oxygen atoms in total. The second kappa shape index (κ2) is 10.8. The van der Waals surface area contributed by atoms with Gasteiger partial charge in [-0.3, -0.25) is 9.10 Å². The van der Waals surface area contributed by atoms with Crippen LogP contribution < -0.4 is 14.4 Å². The summed E-state index contributed by atoms with van der Waals surface area (Å²) in [5.41, 5.74) is -0.0727. The van der Waals surface area contributed by atoms with Crippen molar-refractivity contribution in [2.24, 2.45) is 5.41 Å². The van der Waals surface area contributed by atoms with Crippen molar-refractivity contribution >= 4 is 33.4 Å². The van der Waals surface area contributed by atoms with Gasteiger partial charge in [-0.15, -0.1) is 11.8 Å². The molecule has 1 N–H and O–H groups in total. The molecule has 0 bridgehead atoms. The summed E-state index contributed by atoms with van der Waals surface area (Å²) in [6, 6.07) is 13.4. The van der Waals surface area contributed by atoms with Crippen LogP contribution in [0.1, 0.15) is 48.0 Å². The molecule has 8 heteroatoms. The monoisotopic (exact) mass is 492 g/mol. The second-order valence-electron chi connectivity index (χ2n) is 9.78. The van der Waals surface area contributed by atoms with Crippen molar-refractivity contribution in [1.82, 2.24) is 5.32 Å². The van der Waals surface area contributed by atoms with E-state index in [0.717, 1.165) is 15.6 Å². The molecule has 0 fully saturated rings. The van der Waals surface area contributed by atoms with Gasteiger partial charge in [-0.05, 0) is 87.4 Å². The molecule has 2 aromatic carbocycles. The van der Waals surface area contributed by atoms with Crippen LogP contribution in [0.5, 0.6) is 5.75 Å². The normalized spacial score (nSPS) is 12.3. The Morgan fingerprint density at radius 2 is 1.58 bits per heavy atom. The zero-order chi connectivity index (χ0) is 24.9. The largest absolute Gasteiger partial charge is 0.494 e. The number of ether oxygens (including phenoxy) is 1. The zero-order valence-electron chi connectivity index (χ0n) is 20.6. The maximum atomic E-state index is 13.6. The molecule has 0 spiro atoms. The van der Waals surface area contributed by atoms with Gasteiger partial charge in [0.15, 0.2) is 0 Å². The van der Waals surface area contributed by atoms with E-state index >= 15 is 0 Å². The predicted octanol–water partition coefficient (Wildman–Crippen LogP) is 5.33. The van der Waals surface area contributed by atoms with Gasteiger partial charge >= 0.3 is 0 Å². The van der Waals surface area contributed by atoms with E-state index in [1.165, 1.54) is 11.8 Å². The number of rotatable bonds is 10. The van der Waals surface area contributed by atoms with Crippen molar-refractivity contribution in [3.63, 3.8) is 0 Å². The van der Waals surface area contributed by atoms with Crippen molar-refractivity contribution in [2.75, 3.05) is 23.7 Å². The number of amides is 1. The number of carbonyl (C=O) groups is 1. The van der Waals surface area contributed by atoms with Gasteiger partial charge in [0.1, 0.15) is 12.3 Å². The number of nitrogens with one attached hydrogen (secondary N) is 1. The summed E-state index contributed by atoms with van der Waals surface area (Å²) in [6.45, 7) is 12.3. The lowest BCUT2D eigenvalue weighted by molar-refractivity contribution is -0.121. The molecule has 0 saturated carbocycles. The highest BCUT2D eigenvalue weighted by molar-refractivity contribution is 7.98. The van der Waals surface area contributed by atoms with Crippen molar-refractivity contribution in [2.45, 2.75) is 63.3 Å². The number of nitrogens with zero attached hydrogens (tertiary/aromatic N) is 1. The summed E-state index contributed by atoms with van der Waals surface area (Å²) in [5, 5.41) is 3.01. The Kier molecular flexibility index (Phi) is 8.88. The Morgan fingerprint density at radius 3 is 2.06 bits per heavy atom. The molecule has 0 unspecified atom stereocenters. The van der Waals surface area contributed by atoms with E-state index in [-0.39, 0.29) is 22.8 Å². The molecule has 2 rings (SSSR count). The Balaban J connectivity index is 2.39. The molecule has 0 heterocycles. The molecule has 0 saturated heterocycles. The average Bonchev–Trinajstić information content (AvgIpc) is 2.70. The molecule has 0 aliphatic heterocycles. The fraction of sp³-hybridized carbons (Fsp3) is 0.480. The topological polar surface area (TPSA) is 75.7 Å². The van der Waals surface area contributed by atoms with Gasteiger partial charge in [0.2, 0.25) is 5.91 Å². The van der Waals surface area contributed by atoms with Crippen LogP contribution >= 0.6 is 11.8 Å². The van der Waals surface area contributed by atoms with Gasteiger partial charge in [-0.2, -0.15) is 0 Å². The molecule has 0 aliphatic rings. The van der Waals surface area contributed by atoms with Crippen molar-refractivity contribution in [3.05, 3.63) is 48.5 Å². The highest BCUT2D eigenvalue weighted by atomic mass is 32.2. The Bertz CT molecular complexity index is 1030. The van der Waals surface area contributed by atoms with Gasteiger partial charge in [0.05, 0.1) is 17.2 Å². The molecule has 0 radical (unpaired) electrons. The van der Waals surface area contributed by atoms with E-state index in [9.17, 15) is 13.2 Å². The third kappa shape index (κ3) is 7.96. The summed E-state index contributed by atoms with van der Waals surface area (Å²) in [7, 11) is -3.97. The van der Waals surface area contributed by atoms with Crippen molar-refractivity contribution in [3.8, 4) is 5.75 Å². The van der Waals surface area contributed by atoms with Crippen LogP contribution in [-0.2, 0) is 14.8 Å². The quantitative estimate of drug-likeness (QED) is 0.454. The number of benzene rings is 2. The molecule has 0 aromatic heterocycles. The van der Waals surface area contributed by atoms with E-state index in [2.05, 4.69) is 26.1 Å². The van der Waals surface area contributed by atoms with Crippen LogP contribution in [0.2, 0.25) is 0 Å². The van der Waals surface area contributed by atoms with Crippen LogP contribution in [0, 0.1) is 5.41 Å². The zero-order valence-corrected chi connectivity index (χ0v) is 22.3. The van der Waals surface area contributed by atoms with E-state index in [1.54, 1.807) is 48.5 Å². The number of carbonyl (C=O) groups excluding carboxylic acids is 1. The van der Waals surface area contributed by atoms with E-state index in [4.69, 9.17) is 4.74 Å². The van der Waals surface area contributed by atoms with Gasteiger partial charge in [-0.1, -0.05) is 20.8 Å². The third-order valence-corrected chi connectivity index (χ3v) is 7.35. The van der Waals surface area contributed by atoms with Crippen LogP contribution in [0.4, 0.5) is 5.69 Å². The maximum Gasteiger partial charge on any atom is 0.264 e. The summed E-state index contributed by atoms with van der Waals surface area (Å²) in [6.07, 6.45) is 2.68. The molecule has 182 valence electrons. The highest BCUT2D eigenvalue weighted by Gasteiger charge is 2.31. The lowest BCUT2D eigenvalue weighted by Gasteiger charge is -2.34. The van der Waals surface area contributed by atoms with Gasteiger partial charge in [-0.25, -0.2) is 8.42 Å². The summed E-state index contributed by atoms with van der Waals surface area (Å²) in [5.74, 6) is 0.279. The first-order chi connectivity index (χ1) is 15.3. The summed E-state index contributed by atoms with van der Waals surface area (Å²) >= 11 is 1.53. The van der Waals surface area contributed by atoms with E-state index < -0.39 is 15.6 Å². The first kappa shape index (κ1) is 27.1. The molecular weight excluding hydrogens is 456 g/mol. The summed E-state index contributed by atoms with van der Waals surface area (Å²) < 4.78 is 33.8. The fourth-order valence-electron chi connectivity index (χ4n) is 3.98. The van der Waals surface area contributed by atoms with Gasteiger partial charge < -0.3 is 10.1 Å². The first-order valence-corrected chi connectivity index (χ1v) is 13.6. The summed E-state index contributed by atoms with van der Waals surface area (Å²) in [4.78, 5) is 14.1. The maximum absolute atomic E-state index is 13.6. The van der Waals surface area contributed by atoms with Crippen molar-refractivity contribution in [1.29, 1.82) is 0 Å². The van der Waals surface area contributed by atoms with Crippen LogP contribution in [0.3, 0.4) is 0 Å². The molecule has 0 aliphatic carbocycles. The van der Waals surface area contributed by atoms with E-state index in [0.29, 0.717) is 18.0 Å². The second-order valence-corrected chi connectivity index (χ2v) is 12.5. The Labute approximate surface area is 203 Å². The van der Waals surface area contributed by atoms with Crippen LogP contribution in [-0.4, -0.2) is 39.3 Å². The number of thioether (sulfide) groups is 1. The van der Waals surface area contributed by atoms with Gasteiger partial charge in [0.25, 0.3) is 10.0 Å². The standard InChI is InChI=1S/C25H36N2O4S2/c1-8-31-20-11-9-19(10-12-20)27(17-23(28)26-25(5,6)18-24(2,3)4)33(29,30)22-15-13-21(32-7)14-16-22/h9-16H,8,17-18H2,1-7H3,(H,26,28). The molecule has 0 atom stereocenters. The molecule has 2 aromatic rings. The Morgan fingerprint density at radius 1 is 1.00 bits per heavy atom. The number of hydrogen-bond donors (Lipinski definition) is 1. The minimum absolute atomic E-state index is 0.0106. The first-order valence-electron chi connectivity index (χ1n) is 11.0. The van der Waals surface area contributed by atoms with Crippen LogP contribution in [0.15, 0.2) is 58.3 Å². The van der Waals surface area contributed by atoms with Gasteiger partial charge in [0, 0.05) is 10.4 Å². The molecule has 1 amide bonds. The molecular formula is C25H36N2O4S2. The van der Waals surface area contributed by atoms with Crippen LogP contribution in [0.25, 0.3) is 0 Å². The number of sulfonamides is 1. The molecule has 33 heavy (non-hydrogen) atoms. The predicted molar refractivity (Wildman–Crippen MR) is 137 cm³/mol. The number of anilines is 1. The van der Waals surface area contributed by atoms with E-state index in [1.807, 2.05) is 27.0 Å². The lowest BCUT2D eigenvalue weighted by Crippen LogP contribution is -2.50. The minimum atomic E-state index is -3.97. The van der Waals surface area contributed by atoms with Crippen molar-refractivity contribution < 1.29 is 17.9 Å². The minimum Gasteiger partial charge on any atom is -0.494 e. The highest BCUT2D eigenvalue weighted by Crippen LogP contribution is 2.29. The lowest BCUT2D eigenvalue weighted by atomic mass is 9.82. The Hall–Kier alpha value is -2.19. The smallest absolute Gasteiger partial charge is 0.264 e. The fourth-order valence-corrected chi connectivity index (χ4v) is 5.81. The average molecular weight is 493 g/mol. The third-order valence-electron chi connectivity index (χ3n) is 4.82.